The van der Waals surface area contributed by atoms with E-state index in [1.165, 1.54) is 4.46 Å². The third kappa shape index (κ3) is 4.27. The van der Waals surface area contributed by atoms with Gasteiger partial charge in [0.05, 0.1) is 0 Å². The van der Waals surface area contributed by atoms with Crippen LogP contribution in [0, 0.1) is 5.92 Å². The summed E-state index contributed by atoms with van der Waals surface area (Å²) < 4.78 is 7.47. The normalized spacial score (nSPS) is 20.8. The monoisotopic (exact) mass is 453 g/mol. The van der Waals surface area contributed by atoms with E-state index in [-0.39, 0.29) is 25.7 Å². The summed E-state index contributed by atoms with van der Waals surface area (Å²) in [5.74, 6) is 1.09. The van der Waals surface area contributed by atoms with Crippen LogP contribution in [0.1, 0.15) is 25.0 Å². The van der Waals surface area contributed by atoms with Crippen molar-refractivity contribution in [3.8, 4) is 5.88 Å². The van der Waals surface area contributed by atoms with Gasteiger partial charge in [-0.3, -0.25) is 0 Å². The number of benzene rings is 1. The number of aromatic nitrogens is 1. The number of hydrogen-bond acceptors (Lipinski definition) is 3. The second kappa shape index (κ2) is 8.28. The SMILES string of the molecule is COc1ccc(Br)c(C[C@@H]2CCC[C@@H]([Se]c3ccccc3)C2=O)n1. The molecule has 0 N–H and O–H groups in total. The summed E-state index contributed by atoms with van der Waals surface area (Å²) in [4.78, 5) is 17.7. The number of carbonyl (C=O) groups excluding carboxylic acids is 1. The first-order valence-electron chi connectivity index (χ1n) is 8.12. The first-order chi connectivity index (χ1) is 11.7. The van der Waals surface area contributed by atoms with Gasteiger partial charge in [-0.05, 0) is 0 Å². The van der Waals surface area contributed by atoms with Gasteiger partial charge in [0.2, 0.25) is 0 Å². The molecule has 1 heterocycles. The van der Waals surface area contributed by atoms with E-state index >= 15 is 0 Å². The van der Waals surface area contributed by atoms with Gasteiger partial charge in [0.25, 0.3) is 0 Å². The maximum atomic E-state index is 12.9. The molecule has 1 aliphatic carbocycles. The Balaban J connectivity index is 1.71. The number of hydrogen-bond donors (Lipinski definition) is 0. The summed E-state index contributed by atoms with van der Waals surface area (Å²) in [7, 11) is 1.62. The van der Waals surface area contributed by atoms with Crippen LogP contribution in [0.15, 0.2) is 46.9 Å². The van der Waals surface area contributed by atoms with Crippen molar-refractivity contribution in [2.75, 3.05) is 7.11 Å². The van der Waals surface area contributed by atoms with Gasteiger partial charge in [0.15, 0.2) is 0 Å². The number of Topliss-reactive ketones (excluding diaryl/α,β-unsaturated/α-hetero) is 1. The van der Waals surface area contributed by atoms with E-state index in [0.29, 0.717) is 18.1 Å². The van der Waals surface area contributed by atoms with Crippen molar-refractivity contribution < 1.29 is 9.53 Å². The minimum atomic E-state index is 0.0743. The van der Waals surface area contributed by atoms with Gasteiger partial charge in [0.1, 0.15) is 0 Å². The van der Waals surface area contributed by atoms with Crippen molar-refractivity contribution in [3.05, 3.63) is 52.6 Å². The number of ketones is 1. The van der Waals surface area contributed by atoms with E-state index in [4.69, 9.17) is 4.74 Å². The molecular formula is C19H20BrNO2Se. The first-order valence-corrected chi connectivity index (χ1v) is 10.8. The summed E-state index contributed by atoms with van der Waals surface area (Å²) in [5.41, 5.74) is 0.917. The van der Waals surface area contributed by atoms with Gasteiger partial charge in [0, 0.05) is 0 Å². The summed E-state index contributed by atoms with van der Waals surface area (Å²) >= 11 is 3.77. The Kier molecular flexibility index (Phi) is 6.09. The molecule has 126 valence electrons. The Hall–Kier alpha value is -1.16. The van der Waals surface area contributed by atoms with Crippen LogP contribution in [0.25, 0.3) is 0 Å². The molecule has 0 amide bonds. The fourth-order valence-corrected chi connectivity index (χ4v) is 6.01. The van der Waals surface area contributed by atoms with E-state index in [0.717, 1.165) is 29.4 Å². The summed E-state index contributed by atoms with van der Waals surface area (Å²) in [6, 6.07) is 14.2. The van der Waals surface area contributed by atoms with Crippen LogP contribution in [0.4, 0.5) is 0 Å². The second-order valence-corrected chi connectivity index (χ2v) is 9.47. The Morgan fingerprint density at radius 3 is 2.75 bits per heavy atom. The molecule has 3 rings (SSSR count). The Bertz CT molecular complexity index is 708. The molecular weight excluding hydrogens is 433 g/mol. The molecule has 1 aromatic carbocycles. The number of ether oxygens (including phenoxy) is 1. The van der Waals surface area contributed by atoms with Gasteiger partial charge in [-0.2, -0.15) is 0 Å². The zero-order valence-electron chi connectivity index (χ0n) is 13.6. The average molecular weight is 453 g/mol. The molecule has 0 radical (unpaired) electrons. The van der Waals surface area contributed by atoms with Crippen LogP contribution in [0.3, 0.4) is 0 Å². The maximum absolute atomic E-state index is 12.9. The molecule has 0 saturated heterocycles. The van der Waals surface area contributed by atoms with Crippen molar-refractivity contribution in [3.63, 3.8) is 0 Å². The Morgan fingerprint density at radius 1 is 1.21 bits per heavy atom. The van der Waals surface area contributed by atoms with Crippen LogP contribution < -0.4 is 9.20 Å². The molecule has 0 aliphatic heterocycles. The van der Waals surface area contributed by atoms with Crippen LogP contribution in [-0.2, 0) is 11.2 Å². The van der Waals surface area contributed by atoms with E-state index in [1.54, 1.807) is 7.11 Å². The standard InChI is InChI=1S/C19H20BrNO2Se/c1-23-18-11-10-15(20)16(21-18)12-13-6-5-9-17(19(13)22)24-14-7-3-2-4-8-14/h2-4,7-8,10-11,13,17H,5-6,9,12H2,1H3/t13-,17+/m0/s1. The van der Waals surface area contributed by atoms with Gasteiger partial charge >= 0.3 is 158 Å². The van der Waals surface area contributed by atoms with Crippen molar-refractivity contribution in [2.45, 2.75) is 30.5 Å². The van der Waals surface area contributed by atoms with E-state index in [2.05, 4.69) is 45.2 Å². The Morgan fingerprint density at radius 2 is 2.00 bits per heavy atom. The van der Waals surface area contributed by atoms with Crippen molar-refractivity contribution in [1.29, 1.82) is 0 Å². The van der Waals surface area contributed by atoms with Gasteiger partial charge in [-0.25, -0.2) is 0 Å². The molecule has 1 aromatic heterocycles. The predicted octanol–water partition coefficient (Wildman–Crippen LogP) is 3.58. The number of carbonyl (C=O) groups is 1. The van der Waals surface area contributed by atoms with Crippen LogP contribution in [0.2, 0.25) is 4.82 Å². The number of rotatable bonds is 5. The second-order valence-electron chi connectivity index (χ2n) is 5.94. The molecule has 2 atom stereocenters. The first kappa shape index (κ1) is 17.7. The molecule has 5 heteroatoms. The molecule has 1 aliphatic rings. The molecule has 1 fully saturated rings. The third-order valence-corrected chi connectivity index (χ3v) is 7.75. The number of nitrogens with zero attached hydrogens (tertiary/aromatic N) is 1. The average Bonchev–Trinajstić information content (AvgIpc) is 2.61. The van der Waals surface area contributed by atoms with E-state index in [1.807, 2.05) is 18.2 Å². The summed E-state index contributed by atoms with van der Waals surface area (Å²) in [6.45, 7) is 0. The number of halogens is 1. The van der Waals surface area contributed by atoms with E-state index < -0.39 is 0 Å². The third-order valence-electron chi connectivity index (χ3n) is 4.30. The van der Waals surface area contributed by atoms with Crippen molar-refractivity contribution in [2.24, 2.45) is 5.92 Å². The quantitative estimate of drug-likeness (QED) is 0.650. The fraction of sp³-hybridized carbons (Fsp3) is 0.368. The molecule has 2 aromatic rings. The molecule has 24 heavy (non-hydrogen) atoms. The minimum absolute atomic E-state index is 0.0743. The molecule has 0 bridgehead atoms. The Labute approximate surface area is 157 Å². The van der Waals surface area contributed by atoms with Gasteiger partial charge in [-0.1, -0.05) is 0 Å². The van der Waals surface area contributed by atoms with Crippen LogP contribution in [0.5, 0.6) is 5.88 Å². The number of methoxy groups -OCH3 is 1. The topological polar surface area (TPSA) is 39.2 Å². The predicted molar refractivity (Wildman–Crippen MR) is 100 cm³/mol. The fourth-order valence-electron chi connectivity index (χ4n) is 3.03. The molecule has 1 saturated carbocycles. The summed E-state index contributed by atoms with van der Waals surface area (Å²) in [6.07, 6.45) is 3.80. The van der Waals surface area contributed by atoms with E-state index in [9.17, 15) is 4.79 Å². The van der Waals surface area contributed by atoms with Crippen molar-refractivity contribution in [1.82, 2.24) is 4.98 Å². The zero-order valence-corrected chi connectivity index (χ0v) is 16.9. The van der Waals surface area contributed by atoms with Gasteiger partial charge < -0.3 is 0 Å². The number of pyridine rings is 1. The molecule has 0 unspecified atom stereocenters. The zero-order chi connectivity index (χ0) is 16.9. The molecule has 0 spiro atoms. The van der Waals surface area contributed by atoms with Crippen LogP contribution in [-0.4, -0.2) is 32.8 Å². The van der Waals surface area contributed by atoms with Crippen molar-refractivity contribution >= 4 is 41.1 Å². The summed E-state index contributed by atoms with van der Waals surface area (Å²) in [5, 5.41) is 0. The van der Waals surface area contributed by atoms with Gasteiger partial charge in [-0.15, -0.1) is 0 Å². The molecule has 3 nitrogen and oxygen atoms in total. The van der Waals surface area contributed by atoms with Crippen LogP contribution >= 0.6 is 15.9 Å².